The molecule has 2 fully saturated rings. The number of hydrogen-bond donors (Lipinski definition) is 2. The number of hydrogen-bond acceptors (Lipinski definition) is 5. The van der Waals surface area contributed by atoms with Gasteiger partial charge in [0.25, 0.3) is 0 Å². The molecule has 2 heterocycles. The third-order valence-electron chi connectivity index (χ3n) is 6.93. The molecule has 5 rings (SSSR count). The van der Waals surface area contributed by atoms with E-state index in [0.717, 1.165) is 37.0 Å². The molecule has 0 bridgehead atoms. The van der Waals surface area contributed by atoms with Gasteiger partial charge in [-0.25, -0.2) is 4.79 Å². The van der Waals surface area contributed by atoms with Crippen LogP contribution in [0.4, 0.5) is 0 Å². The summed E-state index contributed by atoms with van der Waals surface area (Å²) in [6.07, 6.45) is 9.62. The van der Waals surface area contributed by atoms with Crippen LogP contribution in [0, 0.1) is 11.8 Å². The lowest BCUT2D eigenvalue weighted by atomic mass is 9.85. The van der Waals surface area contributed by atoms with Gasteiger partial charge in [-0.15, -0.1) is 0 Å². The third kappa shape index (κ3) is 4.36. The lowest BCUT2D eigenvalue weighted by Crippen LogP contribution is -2.32. The number of phenolic OH excluding ortho intramolecular Hbond substituents is 1. The van der Waals surface area contributed by atoms with Gasteiger partial charge in [0.2, 0.25) is 0 Å². The SMILES string of the molecule is CC1=CCC(CC2CC2)(c2c(O)cc(C(Cc3ccc(O)cc3)CC3CC3)oc2=O)O1. The first kappa shape index (κ1) is 20.2. The molecule has 1 aromatic carbocycles. The van der Waals surface area contributed by atoms with E-state index in [1.807, 2.05) is 25.1 Å². The number of rotatable bonds is 8. The van der Waals surface area contributed by atoms with E-state index in [9.17, 15) is 15.0 Å². The number of aromatic hydroxyl groups is 2. The first-order chi connectivity index (χ1) is 14.9. The fourth-order valence-electron chi connectivity index (χ4n) is 4.96. The smallest absolute Gasteiger partial charge is 0.347 e. The van der Waals surface area contributed by atoms with Crippen molar-refractivity contribution in [2.75, 3.05) is 0 Å². The number of benzene rings is 1. The Kier molecular flexibility index (Phi) is 5.07. The van der Waals surface area contributed by atoms with E-state index in [-0.39, 0.29) is 23.0 Å². The molecule has 0 spiro atoms. The summed E-state index contributed by atoms with van der Waals surface area (Å²) in [7, 11) is 0. The van der Waals surface area contributed by atoms with Crippen LogP contribution in [0.5, 0.6) is 11.5 Å². The maximum Gasteiger partial charge on any atom is 0.347 e. The Balaban J connectivity index is 1.47. The molecule has 2 saturated carbocycles. The second kappa shape index (κ2) is 7.77. The highest BCUT2D eigenvalue weighted by Gasteiger charge is 2.46. The predicted octanol–water partition coefficient (Wildman–Crippen LogP) is 5.50. The Morgan fingerprint density at radius 2 is 1.81 bits per heavy atom. The monoisotopic (exact) mass is 422 g/mol. The van der Waals surface area contributed by atoms with E-state index in [4.69, 9.17) is 9.15 Å². The quantitative estimate of drug-likeness (QED) is 0.587. The van der Waals surface area contributed by atoms with Gasteiger partial charge in [-0.05, 0) is 61.8 Å². The molecule has 164 valence electrons. The van der Waals surface area contributed by atoms with Gasteiger partial charge >= 0.3 is 5.63 Å². The van der Waals surface area contributed by atoms with Gasteiger partial charge < -0.3 is 19.4 Å². The Hall–Kier alpha value is -2.69. The van der Waals surface area contributed by atoms with Crippen molar-refractivity contribution >= 4 is 0 Å². The molecule has 1 aromatic heterocycles. The fraction of sp³-hybridized carbons (Fsp3) is 0.500. The number of allylic oxidation sites excluding steroid dienone is 1. The molecule has 2 aliphatic carbocycles. The predicted molar refractivity (Wildman–Crippen MR) is 117 cm³/mol. The standard InChI is InChI=1S/C26H30O5/c1-16-10-11-26(31-16,15-19-4-5-19)24-22(28)14-23(30-25(24)29)20(12-17-2-3-17)13-18-6-8-21(27)9-7-18/h6-10,14,17,19-20,27-28H,2-5,11-13,15H2,1H3. The van der Waals surface area contributed by atoms with Crippen molar-refractivity contribution in [2.45, 2.75) is 69.8 Å². The second-order valence-corrected chi connectivity index (χ2v) is 9.71. The minimum absolute atomic E-state index is 0.00781. The minimum Gasteiger partial charge on any atom is -0.508 e. The number of phenols is 1. The van der Waals surface area contributed by atoms with E-state index >= 15 is 0 Å². The van der Waals surface area contributed by atoms with Crippen molar-refractivity contribution in [2.24, 2.45) is 11.8 Å². The Bertz CT molecular complexity index is 1040. The first-order valence-electron chi connectivity index (χ1n) is 11.4. The minimum atomic E-state index is -0.808. The molecule has 2 N–H and O–H groups in total. The van der Waals surface area contributed by atoms with Crippen molar-refractivity contribution in [3.8, 4) is 11.5 Å². The summed E-state index contributed by atoms with van der Waals surface area (Å²) in [4.78, 5) is 13.2. The molecular formula is C26H30O5. The van der Waals surface area contributed by atoms with Gasteiger partial charge in [-0.3, -0.25) is 0 Å². The van der Waals surface area contributed by atoms with Gasteiger partial charge in [0.15, 0.2) is 0 Å². The molecule has 5 nitrogen and oxygen atoms in total. The molecule has 0 saturated heterocycles. The molecule has 1 aliphatic heterocycles. The lowest BCUT2D eigenvalue weighted by Gasteiger charge is -2.30. The summed E-state index contributed by atoms with van der Waals surface area (Å²) in [6.45, 7) is 1.89. The van der Waals surface area contributed by atoms with Crippen LogP contribution in [0.15, 0.2) is 51.4 Å². The molecule has 5 heteroatoms. The zero-order valence-corrected chi connectivity index (χ0v) is 18.0. The van der Waals surface area contributed by atoms with Crippen molar-refractivity contribution in [3.63, 3.8) is 0 Å². The van der Waals surface area contributed by atoms with Crippen molar-refractivity contribution in [1.82, 2.24) is 0 Å². The number of ether oxygens (including phenoxy) is 1. The van der Waals surface area contributed by atoms with Gasteiger partial charge in [0, 0.05) is 18.4 Å². The van der Waals surface area contributed by atoms with Crippen LogP contribution in [0.25, 0.3) is 0 Å². The van der Waals surface area contributed by atoms with Crippen LogP contribution in [0.1, 0.15) is 74.7 Å². The largest absolute Gasteiger partial charge is 0.508 e. The molecule has 2 unspecified atom stereocenters. The van der Waals surface area contributed by atoms with Gasteiger partial charge in [-0.1, -0.05) is 37.8 Å². The summed E-state index contributed by atoms with van der Waals surface area (Å²) >= 11 is 0. The highest BCUT2D eigenvalue weighted by Crippen LogP contribution is 2.50. The van der Waals surface area contributed by atoms with E-state index in [1.165, 1.54) is 12.8 Å². The zero-order valence-electron chi connectivity index (χ0n) is 18.0. The van der Waals surface area contributed by atoms with Crippen molar-refractivity contribution < 1.29 is 19.4 Å². The fourth-order valence-corrected chi connectivity index (χ4v) is 4.96. The van der Waals surface area contributed by atoms with Crippen molar-refractivity contribution in [3.05, 3.63) is 69.5 Å². The molecule has 31 heavy (non-hydrogen) atoms. The van der Waals surface area contributed by atoms with Gasteiger partial charge in [0.1, 0.15) is 28.4 Å². The maximum atomic E-state index is 13.2. The second-order valence-electron chi connectivity index (χ2n) is 9.71. The van der Waals surface area contributed by atoms with Crippen LogP contribution in [-0.2, 0) is 16.8 Å². The lowest BCUT2D eigenvalue weighted by molar-refractivity contribution is 0.00455. The van der Waals surface area contributed by atoms with Crippen LogP contribution in [-0.4, -0.2) is 10.2 Å². The Labute approximate surface area is 182 Å². The summed E-state index contributed by atoms with van der Waals surface area (Å²) in [6, 6.07) is 8.79. The van der Waals surface area contributed by atoms with Crippen LogP contribution >= 0.6 is 0 Å². The summed E-state index contributed by atoms with van der Waals surface area (Å²) in [5, 5.41) is 20.6. The molecule has 2 atom stereocenters. The molecule has 0 radical (unpaired) electrons. The maximum absolute atomic E-state index is 13.2. The van der Waals surface area contributed by atoms with E-state index in [2.05, 4.69) is 0 Å². The van der Waals surface area contributed by atoms with Crippen LogP contribution in [0.2, 0.25) is 0 Å². The summed E-state index contributed by atoms with van der Waals surface area (Å²) in [5.41, 5.74) is 0.0485. The van der Waals surface area contributed by atoms with E-state index in [1.54, 1.807) is 18.2 Å². The van der Waals surface area contributed by atoms with Crippen molar-refractivity contribution in [1.29, 1.82) is 0 Å². The Morgan fingerprint density at radius 3 is 2.39 bits per heavy atom. The summed E-state index contributed by atoms with van der Waals surface area (Å²) < 4.78 is 12.0. The molecule has 3 aliphatic rings. The highest BCUT2D eigenvalue weighted by atomic mass is 16.5. The van der Waals surface area contributed by atoms with Crippen LogP contribution < -0.4 is 5.63 Å². The average molecular weight is 423 g/mol. The Morgan fingerprint density at radius 1 is 1.10 bits per heavy atom. The van der Waals surface area contributed by atoms with Crippen LogP contribution in [0.3, 0.4) is 0 Å². The van der Waals surface area contributed by atoms with E-state index in [0.29, 0.717) is 30.4 Å². The highest BCUT2D eigenvalue weighted by molar-refractivity contribution is 5.39. The molecule has 2 aromatic rings. The third-order valence-corrected chi connectivity index (χ3v) is 6.93. The van der Waals surface area contributed by atoms with E-state index < -0.39 is 11.2 Å². The topological polar surface area (TPSA) is 79.9 Å². The summed E-state index contributed by atoms with van der Waals surface area (Å²) in [5.74, 6) is 2.74. The zero-order chi connectivity index (χ0) is 21.6. The normalized spacial score (nSPS) is 24.0. The van der Waals surface area contributed by atoms with Gasteiger partial charge in [-0.2, -0.15) is 0 Å². The average Bonchev–Trinajstić information content (AvgIpc) is 3.64. The van der Waals surface area contributed by atoms with Gasteiger partial charge in [0.05, 0.1) is 5.76 Å². The molecule has 0 amide bonds. The first-order valence-corrected chi connectivity index (χ1v) is 11.4. The molecular weight excluding hydrogens is 392 g/mol.